The number of aryl methyl sites for hydroxylation is 1. The van der Waals surface area contributed by atoms with Gasteiger partial charge in [0.15, 0.2) is 0 Å². The average Bonchev–Trinajstić information content (AvgIpc) is 3.25. The first-order valence-electron chi connectivity index (χ1n) is 15.9. The fourth-order valence-electron chi connectivity index (χ4n) is 6.95. The Morgan fingerprint density at radius 3 is 2.28 bits per heavy atom. The summed E-state index contributed by atoms with van der Waals surface area (Å²) in [4.78, 5) is 15.9. The lowest BCUT2D eigenvalue weighted by Crippen LogP contribution is -3.00. The van der Waals surface area contributed by atoms with E-state index in [0.717, 1.165) is 80.7 Å². The van der Waals surface area contributed by atoms with Crippen molar-refractivity contribution in [2.45, 2.75) is 64.0 Å². The Balaban J connectivity index is 0.00000368. The molecule has 43 heavy (non-hydrogen) atoms. The van der Waals surface area contributed by atoms with Gasteiger partial charge in [0.2, 0.25) is 0 Å². The fourth-order valence-corrected chi connectivity index (χ4v) is 6.95. The van der Waals surface area contributed by atoms with Crippen molar-refractivity contribution in [1.29, 1.82) is 0 Å². The number of benzene rings is 3. The van der Waals surface area contributed by atoms with E-state index in [2.05, 4.69) is 85.0 Å². The summed E-state index contributed by atoms with van der Waals surface area (Å²) < 4.78 is 6.53. The van der Waals surface area contributed by atoms with Gasteiger partial charge in [0.1, 0.15) is 6.54 Å². The zero-order chi connectivity index (χ0) is 28.9. The van der Waals surface area contributed by atoms with E-state index in [9.17, 15) is 4.79 Å². The van der Waals surface area contributed by atoms with Gasteiger partial charge in [-0.25, -0.2) is 0 Å². The van der Waals surface area contributed by atoms with Crippen LogP contribution in [0.5, 0.6) is 0 Å². The highest BCUT2D eigenvalue weighted by molar-refractivity contribution is 6.07. The second kappa shape index (κ2) is 14.4. The zero-order valence-corrected chi connectivity index (χ0v) is 27.9. The lowest BCUT2D eigenvalue weighted by Gasteiger charge is -2.40. The minimum absolute atomic E-state index is 0. The minimum atomic E-state index is 0. The monoisotopic (exact) mass is 691 g/mol. The van der Waals surface area contributed by atoms with E-state index in [-0.39, 0.29) is 29.9 Å². The van der Waals surface area contributed by atoms with Crippen LogP contribution in [0.15, 0.2) is 72.3 Å². The molecular formula is C37H46IN3O2. The summed E-state index contributed by atoms with van der Waals surface area (Å²) in [6.07, 6.45) is 11.0. The number of fused-ring (bicyclic) bond motifs is 1. The van der Waals surface area contributed by atoms with E-state index in [0.29, 0.717) is 6.04 Å². The molecule has 0 bridgehead atoms. The molecule has 2 saturated heterocycles. The molecule has 0 atom stereocenters. The van der Waals surface area contributed by atoms with E-state index in [1.165, 1.54) is 52.8 Å². The van der Waals surface area contributed by atoms with Gasteiger partial charge in [0.05, 0.1) is 33.4 Å². The van der Waals surface area contributed by atoms with Gasteiger partial charge in [-0.05, 0) is 97.2 Å². The zero-order valence-electron chi connectivity index (χ0n) is 25.8. The Kier molecular flexibility index (Phi) is 10.6. The smallest absolute Gasteiger partial charge is 0.251 e. The third-order valence-electron chi connectivity index (χ3n) is 9.56. The Morgan fingerprint density at radius 2 is 1.56 bits per heavy atom. The largest absolute Gasteiger partial charge is 1.00 e. The van der Waals surface area contributed by atoms with Gasteiger partial charge in [0, 0.05) is 48.4 Å². The summed E-state index contributed by atoms with van der Waals surface area (Å²) in [6, 6.07) is 24.8. The number of quaternary nitrogens is 1. The maximum absolute atomic E-state index is 13.4. The van der Waals surface area contributed by atoms with Crippen LogP contribution >= 0.6 is 0 Å². The van der Waals surface area contributed by atoms with Crippen LogP contribution in [0.4, 0.5) is 11.4 Å². The predicted molar refractivity (Wildman–Crippen MR) is 174 cm³/mol. The van der Waals surface area contributed by atoms with E-state index >= 15 is 0 Å². The first kappa shape index (κ1) is 31.7. The molecule has 0 spiro atoms. The lowest BCUT2D eigenvalue weighted by molar-refractivity contribution is -0.929. The molecule has 1 amide bonds. The minimum Gasteiger partial charge on any atom is -1.00 e. The molecule has 2 heterocycles. The highest BCUT2D eigenvalue weighted by atomic mass is 127. The number of anilines is 2. The highest BCUT2D eigenvalue weighted by Crippen LogP contribution is 2.31. The molecule has 6 rings (SSSR count). The first-order chi connectivity index (χ1) is 20.4. The number of carbonyl (C=O) groups is 1. The molecule has 0 unspecified atom stereocenters. The number of rotatable bonds is 7. The van der Waals surface area contributed by atoms with Crippen LogP contribution < -0.4 is 34.2 Å². The summed E-state index contributed by atoms with van der Waals surface area (Å²) >= 11 is 0. The van der Waals surface area contributed by atoms with Gasteiger partial charge in [0.25, 0.3) is 5.91 Å². The molecule has 3 aromatic rings. The van der Waals surface area contributed by atoms with Crippen LogP contribution in [-0.2, 0) is 22.5 Å². The molecule has 2 aliphatic heterocycles. The van der Waals surface area contributed by atoms with Crippen molar-refractivity contribution in [2.24, 2.45) is 0 Å². The van der Waals surface area contributed by atoms with Crippen LogP contribution in [0.25, 0.3) is 17.2 Å². The highest BCUT2D eigenvalue weighted by Gasteiger charge is 2.30. The van der Waals surface area contributed by atoms with Crippen molar-refractivity contribution < 1.29 is 38.0 Å². The van der Waals surface area contributed by atoms with Crippen molar-refractivity contribution in [1.82, 2.24) is 0 Å². The van der Waals surface area contributed by atoms with Crippen LogP contribution in [0.2, 0.25) is 0 Å². The maximum atomic E-state index is 13.4. The van der Waals surface area contributed by atoms with E-state index in [4.69, 9.17) is 4.74 Å². The van der Waals surface area contributed by atoms with Gasteiger partial charge >= 0.3 is 0 Å². The van der Waals surface area contributed by atoms with Gasteiger partial charge in [-0.1, -0.05) is 36.4 Å². The summed E-state index contributed by atoms with van der Waals surface area (Å²) in [5, 5.41) is 3.17. The van der Waals surface area contributed by atoms with Crippen molar-refractivity contribution in [2.75, 3.05) is 50.6 Å². The summed E-state index contributed by atoms with van der Waals surface area (Å²) in [5.74, 6) is 0.00482. The second-order valence-corrected chi connectivity index (χ2v) is 13.0. The van der Waals surface area contributed by atoms with Crippen molar-refractivity contribution in [3.05, 3.63) is 89.0 Å². The number of halogens is 1. The van der Waals surface area contributed by atoms with Gasteiger partial charge in [-0.3, -0.25) is 4.79 Å². The standard InChI is InChI=1S/C37H45N3O2.HI/c1-40(2,36-19-23-42-24-20-36)27-28-9-15-34(16-10-28)38-37(41)32-8-6-7-29-11-12-31(25-33(29)26-32)30-13-17-35(18-14-30)39-21-4-3-5-22-39;/h9-18,25-26,36H,3-8,19-24,27H2,1-2H3;1H. The van der Waals surface area contributed by atoms with Gasteiger partial charge in [-0.15, -0.1) is 0 Å². The molecular weight excluding hydrogens is 645 g/mol. The van der Waals surface area contributed by atoms with Gasteiger partial charge in [-0.2, -0.15) is 0 Å². The normalized spacial score (nSPS) is 17.7. The SMILES string of the molecule is C[N+](C)(Cc1ccc(NC(=O)C2=Cc3cc(-c4ccc(N5CCCCC5)cc4)ccc3CCC2)cc1)C1CCOCC1.[I-]. The van der Waals surface area contributed by atoms with Crippen molar-refractivity contribution in [3.63, 3.8) is 0 Å². The number of ether oxygens (including phenoxy) is 1. The van der Waals surface area contributed by atoms with E-state index in [1.807, 2.05) is 12.1 Å². The second-order valence-electron chi connectivity index (χ2n) is 13.0. The van der Waals surface area contributed by atoms with E-state index < -0.39 is 0 Å². The average molecular weight is 692 g/mol. The molecule has 3 aromatic carbocycles. The Labute approximate surface area is 274 Å². The summed E-state index contributed by atoms with van der Waals surface area (Å²) in [5.41, 5.74) is 9.24. The fraction of sp³-hybridized carbons (Fsp3) is 0.432. The molecule has 0 aromatic heterocycles. The Morgan fingerprint density at radius 1 is 0.860 bits per heavy atom. The molecule has 6 heteroatoms. The maximum Gasteiger partial charge on any atom is 0.251 e. The topological polar surface area (TPSA) is 41.6 Å². The van der Waals surface area contributed by atoms with Crippen LogP contribution in [0, 0.1) is 0 Å². The number of carbonyl (C=O) groups excluding carboxylic acids is 1. The Hall–Kier alpha value is -2.68. The number of hydrogen-bond donors (Lipinski definition) is 1. The van der Waals surface area contributed by atoms with Crippen molar-refractivity contribution >= 4 is 23.4 Å². The third-order valence-corrected chi connectivity index (χ3v) is 9.56. The Bertz CT molecular complexity index is 1400. The number of nitrogens with zero attached hydrogens (tertiary/aromatic N) is 2. The van der Waals surface area contributed by atoms with Crippen LogP contribution in [-0.4, -0.2) is 56.8 Å². The quantitative estimate of drug-likeness (QED) is 0.294. The van der Waals surface area contributed by atoms with Crippen LogP contribution in [0.3, 0.4) is 0 Å². The molecule has 1 N–H and O–H groups in total. The number of piperidine rings is 1. The first-order valence-corrected chi connectivity index (χ1v) is 15.9. The van der Waals surface area contributed by atoms with Crippen LogP contribution in [0.1, 0.15) is 61.6 Å². The summed E-state index contributed by atoms with van der Waals surface area (Å²) in [7, 11) is 4.64. The molecule has 0 radical (unpaired) electrons. The van der Waals surface area contributed by atoms with Gasteiger partial charge < -0.3 is 43.4 Å². The molecule has 0 saturated carbocycles. The molecule has 5 nitrogen and oxygen atoms in total. The number of hydrogen-bond acceptors (Lipinski definition) is 3. The third kappa shape index (κ3) is 7.89. The number of amides is 1. The predicted octanol–water partition coefficient (Wildman–Crippen LogP) is 4.46. The van der Waals surface area contributed by atoms with E-state index in [1.54, 1.807) is 0 Å². The molecule has 2 fully saturated rings. The molecule has 228 valence electrons. The molecule has 1 aliphatic carbocycles. The number of nitrogens with one attached hydrogen (secondary N) is 1. The molecule has 3 aliphatic rings. The van der Waals surface area contributed by atoms with Crippen molar-refractivity contribution in [3.8, 4) is 11.1 Å². The lowest BCUT2D eigenvalue weighted by atomic mass is 9.97. The summed E-state index contributed by atoms with van der Waals surface area (Å²) in [6.45, 7) is 5.03.